The number of hydrogen-bond donors (Lipinski definition) is 0. The Morgan fingerprint density at radius 1 is 1.33 bits per heavy atom. The Kier molecular flexibility index (Phi) is 4.48. The SMILES string of the molecule is C=C(N=C(C)C=NCC)c1ccccc1. The molecule has 78 valence electrons. The van der Waals surface area contributed by atoms with Gasteiger partial charge in [-0.2, -0.15) is 0 Å². The van der Waals surface area contributed by atoms with E-state index in [1.54, 1.807) is 6.21 Å². The predicted octanol–water partition coefficient (Wildman–Crippen LogP) is 3.21. The van der Waals surface area contributed by atoms with Crippen molar-refractivity contribution in [1.82, 2.24) is 0 Å². The Balaban J connectivity index is 2.75. The van der Waals surface area contributed by atoms with Gasteiger partial charge < -0.3 is 0 Å². The fourth-order valence-corrected chi connectivity index (χ4v) is 1.16. The van der Waals surface area contributed by atoms with Crippen LogP contribution in [0.25, 0.3) is 5.70 Å². The summed E-state index contributed by atoms with van der Waals surface area (Å²) in [4.78, 5) is 8.48. The number of benzene rings is 1. The average Bonchev–Trinajstić information content (AvgIpc) is 2.27. The molecule has 0 aromatic heterocycles. The van der Waals surface area contributed by atoms with E-state index in [-0.39, 0.29) is 0 Å². The summed E-state index contributed by atoms with van der Waals surface area (Å²) in [5.74, 6) is 0. The van der Waals surface area contributed by atoms with Crippen LogP contribution in [0.4, 0.5) is 0 Å². The maximum atomic E-state index is 4.36. The number of nitrogens with zero attached hydrogens (tertiary/aromatic N) is 2. The van der Waals surface area contributed by atoms with Crippen LogP contribution in [0.2, 0.25) is 0 Å². The van der Waals surface area contributed by atoms with Crippen molar-refractivity contribution in [2.75, 3.05) is 6.54 Å². The highest BCUT2D eigenvalue weighted by Crippen LogP contribution is 2.12. The van der Waals surface area contributed by atoms with Crippen molar-refractivity contribution in [3.63, 3.8) is 0 Å². The van der Waals surface area contributed by atoms with Gasteiger partial charge in [-0.15, -0.1) is 0 Å². The third kappa shape index (κ3) is 3.90. The first kappa shape index (κ1) is 11.4. The van der Waals surface area contributed by atoms with Gasteiger partial charge >= 0.3 is 0 Å². The van der Waals surface area contributed by atoms with Gasteiger partial charge in [0.2, 0.25) is 0 Å². The van der Waals surface area contributed by atoms with E-state index in [1.165, 1.54) is 0 Å². The Morgan fingerprint density at radius 2 is 2.00 bits per heavy atom. The molecule has 1 aromatic rings. The molecule has 15 heavy (non-hydrogen) atoms. The maximum Gasteiger partial charge on any atom is 0.0634 e. The van der Waals surface area contributed by atoms with E-state index in [9.17, 15) is 0 Å². The third-order valence-corrected chi connectivity index (χ3v) is 1.88. The van der Waals surface area contributed by atoms with Gasteiger partial charge in [-0.1, -0.05) is 36.9 Å². The lowest BCUT2D eigenvalue weighted by Gasteiger charge is -1.99. The number of rotatable bonds is 4. The Labute approximate surface area is 91.1 Å². The van der Waals surface area contributed by atoms with Gasteiger partial charge in [0.15, 0.2) is 0 Å². The van der Waals surface area contributed by atoms with Crippen LogP contribution in [0.3, 0.4) is 0 Å². The molecule has 0 atom stereocenters. The van der Waals surface area contributed by atoms with Gasteiger partial charge in [0.05, 0.1) is 11.4 Å². The summed E-state index contributed by atoms with van der Waals surface area (Å²) in [6, 6.07) is 9.93. The van der Waals surface area contributed by atoms with Crippen LogP contribution in [0.1, 0.15) is 19.4 Å². The van der Waals surface area contributed by atoms with Gasteiger partial charge in [0.1, 0.15) is 0 Å². The normalized spacial score (nSPS) is 12.0. The van der Waals surface area contributed by atoms with Gasteiger partial charge in [-0.05, 0) is 19.4 Å². The lowest BCUT2D eigenvalue weighted by Crippen LogP contribution is -1.94. The number of aliphatic imine (C=N–C) groups is 2. The lowest BCUT2D eigenvalue weighted by atomic mass is 10.2. The van der Waals surface area contributed by atoms with Crippen LogP contribution < -0.4 is 0 Å². The zero-order valence-electron chi connectivity index (χ0n) is 9.27. The second kappa shape index (κ2) is 5.91. The highest BCUT2D eigenvalue weighted by molar-refractivity contribution is 6.30. The van der Waals surface area contributed by atoms with Crippen molar-refractivity contribution < 1.29 is 0 Å². The van der Waals surface area contributed by atoms with Crippen LogP contribution in [0.5, 0.6) is 0 Å². The molecule has 0 N–H and O–H groups in total. The van der Waals surface area contributed by atoms with Crippen LogP contribution in [-0.2, 0) is 0 Å². The summed E-state index contributed by atoms with van der Waals surface area (Å²) in [6.07, 6.45) is 1.77. The van der Waals surface area contributed by atoms with E-state index in [2.05, 4.69) is 16.6 Å². The van der Waals surface area contributed by atoms with Crippen molar-refractivity contribution >= 4 is 17.6 Å². The van der Waals surface area contributed by atoms with Gasteiger partial charge in [0, 0.05) is 12.8 Å². The monoisotopic (exact) mass is 200 g/mol. The molecule has 0 fully saturated rings. The first-order valence-electron chi connectivity index (χ1n) is 5.03. The summed E-state index contributed by atoms with van der Waals surface area (Å²) in [7, 11) is 0. The molecule has 0 amide bonds. The molecule has 0 aliphatic carbocycles. The molecule has 0 radical (unpaired) electrons. The lowest BCUT2D eigenvalue weighted by molar-refractivity contribution is 1.14. The van der Waals surface area contributed by atoms with Crippen molar-refractivity contribution in [1.29, 1.82) is 0 Å². The fourth-order valence-electron chi connectivity index (χ4n) is 1.16. The first-order chi connectivity index (χ1) is 7.24. The van der Waals surface area contributed by atoms with Crippen molar-refractivity contribution in [2.45, 2.75) is 13.8 Å². The minimum atomic E-state index is 0.774. The molecule has 0 bridgehead atoms. The average molecular weight is 200 g/mol. The first-order valence-corrected chi connectivity index (χ1v) is 5.03. The topological polar surface area (TPSA) is 24.7 Å². The summed E-state index contributed by atoms with van der Waals surface area (Å²) in [5.41, 5.74) is 2.70. The Bertz CT molecular complexity index is 375. The molecule has 0 unspecified atom stereocenters. The molecule has 0 heterocycles. The minimum absolute atomic E-state index is 0.774. The van der Waals surface area contributed by atoms with E-state index in [4.69, 9.17) is 0 Å². The van der Waals surface area contributed by atoms with Crippen LogP contribution in [0.15, 0.2) is 46.9 Å². The highest BCUT2D eigenvalue weighted by atomic mass is 14.8. The van der Waals surface area contributed by atoms with Gasteiger partial charge in [-0.3, -0.25) is 9.98 Å². The summed E-state index contributed by atoms with van der Waals surface area (Å²) in [5, 5.41) is 0. The molecule has 0 spiro atoms. The van der Waals surface area contributed by atoms with Crippen LogP contribution >= 0.6 is 0 Å². The van der Waals surface area contributed by atoms with E-state index in [0.29, 0.717) is 0 Å². The molecule has 0 saturated heterocycles. The van der Waals surface area contributed by atoms with Crippen LogP contribution in [0, 0.1) is 0 Å². The van der Waals surface area contributed by atoms with E-state index in [0.717, 1.165) is 23.5 Å². The van der Waals surface area contributed by atoms with E-state index < -0.39 is 0 Å². The molecule has 2 heteroatoms. The third-order valence-electron chi connectivity index (χ3n) is 1.88. The summed E-state index contributed by atoms with van der Waals surface area (Å²) in [6.45, 7) is 8.63. The standard InChI is InChI=1S/C13H16N2/c1-4-14-10-11(2)15-12(3)13-8-6-5-7-9-13/h5-10H,3-4H2,1-2H3. The molecule has 1 rings (SSSR count). The van der Waals surface area contributed by atoms with Crippen molar-refractivity contribution in [2.24, 2.45) is 9.98 Å². The van der Waals surface area contributed by atoms with E-state index in [1.807, 2.05) is 44.2 Å². The fraction of sp³-hybridized carbons (Fsp3) is 0.231. The zero-order chi connectivity index (χ0) is 11.1. The molecule has 0 aliphatic heterocycles. The van der Waals surface area contributed by atoms with Gasteiger partial charge in [0.25, 0.3) is 0 Å². The molecule has 0 aliphatic rings. The quantitative estimate of drug-likeness (QED) is 0.667. The second-order valence-corrected chi connectivity index (χ2v) is 3.19. The smallest absolute Gasteiger partial charge is 0.0634 e. The predicted molar refractivity (Wildman–Crippen MR) is 67.6 cm³/mol. The second-order valence-electron chi connectivity index (χ2n) is 3.19. The van der Waals surface area contributed by atoms with Crippen LogP contribution in [-0.4, -0.2) is 18.5 Å². The summed E-state index contributed by atoms with van der Waals surface area (Å²) >= 11 is 0. The summed E-state index contributed by atoms with van der Waals surface area (Å²) < 4.78 is 0. The molecule has 2 nitrogen and oxygen atoms in total. The molecular weight excluding hydrogens is 184 g/mol. The molecular formula is C13H16N2. The number of hydrogen-bond acceptors (Lipinski definition) is 2. The highest BCUT2D eigenvalue weighted by Gasteiger charge is 1.94. The Morgan fingerprint density at radius 3 is 2.60 bits per heavy atom. The zero-order valence-corrected chi connectivity index (χ0v) is 9.27. The Hall–Kier alpha value is -1.70. The largest absolute Gasteiger partial charge is 0.292 e. The minimum Gasteiger partial charge on any atom is -0.292 e. The van der Waals surface area contributed by atoms with Gasteiger partial charge in [-0.25, -0.2) is 0 Å². The maximum absolute atomic E-state index is 4.36. The van der Waals surface area contributed by atoms with E-state index >= 15 is 0 Å². The molecule has 1 aromatic carbocycles. The molecule has 0 saturated carbocycles. The van der Waals surface area contributed by atoms with Crippen molar-refractivity contribution in [3.05, 3.63) is 42.5 Å². The van der Waals surface area contributed by atoms with Crippen molar-refractivity contribution in [3.8, 4) is 0 Å².